The number of carbonyl (C=O) groups excluding carboxylic acids is 3. The first kappa shape index (κ1) is 20.5. The average Bonchev–Trinajstić information content (AvgIpc) is 3.24. The van der Waals surface area contributed by atoms with Crippen molar-refractivity contribution in [3.63, 3.8) is 0 Å². The van der Waals surface area contributed by atoms with Crippen molar-refractivity contribution in [2.45, 2.75) is 12.8 Å². The summed E-state index contributed by atoms with van der Waals surface area (Å²) in [6.07, 6.45) is 1.41. The minimum absolute atomic E-state index is 0.101. The maximum atomic E-state index is 13.0. The Balaban J connectivity index is 1.34. The molecule has 0 N–H and O–H groups in total. The molecule has 0 saturated carbocycles. The number of anilines is 1. The Hall–Kier alpha value is -3.80. The number of hydrogen-bond acceptors (Lipinski definition) is 4. The molecule has 0 aliphatic carbocycles. The summed E-state index contributed by atoms with van der Waals surface area (Å²) < 4.78 is 18.6. The molecule has 1 heterocycles. The molecule has 1 aliphatic heterocycles. The van der Waals surface area contributed by atoms with Gasteiger partial charge in [-0.1, -0.05) is 0 Å². The van der Waals surface area contributed by atoms with Gasteiger partial charge in [-0.3, -0.25) is 14.4 Å². The van der Waals surface area contributed by atoms with E-state index in [2.05, 4.69) is 0 Å². The molecular weight excluding hydrogens is 397 g/mol. The van der Waals surface area contributed by atoms with Crippen LogP contribution in [0.15, 0.2) is 72.8 Å². The van der Waals surface area contributed by atoms with Crippen molar-refractivity contribution < 1.29 is 23.5 Å². The van der Waals surface area contributed by atoms with Gasteiger partial charge in [0.25, 0.3) is 0 Å². The summed E-state index contributed by atoms with van der Waals surface area (Å²) in [5, 5.41) is 0. The van der Waals surface area contributed by atoms with Gasteiger partial charge in [0.2, 0.25) is 5.91 Å². The van der Waals surface area contributed by atoms with Crippen LogP contribution in [0.1, 0.15) is 39.1 Å². The molecule has 0 unspecified atom stereocenters. The van der Waals surface area contributed by atoms with E-state index in [0.717, 1.165) is 12.1 Å². The van der Waals surface area contributed by atoms with Crippen molar-refractivity contribution >= 4 is 23.2 Å². The average molecular weight is 417 g/mol. The third-order valence-electron chi connectivity index (χ3n) is 5.17. The fraction of sp³-hybridized carbons (Fsp3) is 0.160. The van der Waals surface area contributed by atoms with E-state index in [0.29, 0.717) is 35.4 Å². The number of benzene rings is 3. The lowest BCUT2D eigenvalue weighted by atomic mass is 10.0. The predicted molar refractivity (Wildman–Crippen MR) is 114 cm³/mol. The van der Waals surface area contributed by atoms with E-state index in [9.17, 15) is 18.8 Å². The summed E-state index contributed by atoms with van der Waals surface area (Å²) in [6.45, 7) is 0.558. The highest BCUT2D eigenvalue weighted by Crippen LogP contribution is 2.22. The summed E-state index contributed by atoms with van der Waals surface area (Å²) in [5.41, 5.74) is 2.13. The van der Waals surface area contributed by atoms with Gasteiger partial charge in [0.1, 0.15) is 11.6 Å². The minimum Gasteiger partial charge on any atom is -0.485 e. The van der Waals surface area contributed by atoms with E-state index in [-0.39, 0.29) is 24.1 Å². The van der Waals surface area contributed by atoms with Gasteiger partial charge >= 0.3 is 0 Å². The fourth-order valence-electron chi connectivity index (χ4n) is 3.45. The highest BCUT2D eigenvalue weighted by atomic mass is 19.1. The number of halogens is 1. The normalized spacial score (nSPS) is 13.3. The number of rotatable bonds is 7. The molecule has 3 aromatic carbocycles. The number of hydrogen-bond donors (Lipinski definition) is 0. The van der Waals surface area contributed by atoms with Crippen molar-refractivity contribution in [3.8, 4) is 5.75 Å². The Morgan fingerprint density at radius 2 is 1.42 bits per heavy atom. The Morgan fingerprint density at radius 3 is 2.00 bits per heavy atom. The largest absolute Gasteiger partial charge is 0.485 e. The Kier molecular flexibility index (Phi) is 5.89. The van der Waals surface area contributed by atoms with Crippen molar-refractivity contribution in [2.24, 2.45) is 0 Å². The molecule has 0 radical (unpaired) electrons. The second-order valence-electron chi connectivity index (χ2n) is 7.27. The molecule has 1 amide bonds. The molecule has 3 aromatic rings. The highest BCUT2D eigenvalue weighted by molar-refractivity contribution is 6.09. The van der Waals surface area contributed by atoms with E-state index in [1.165, 1.54) is 24.3 Å². The Morgan fingerprint density at radius 1 is 0.839 bits per heavy atom. The van der Waals surface area contributed by atoms with Crippen LogP contribution in [0.4, 0.5) is 10.1 Å². The monoisotopic (exact) mass is 417 g/mol. The van der Waals surface area contributed by atoms with Crippen LogP contribution >= 0.6 is 0 Å². The minimum atomic E-state index is -0.399. The van der Waals surface area contributed by atoms with Crippen LogP contribution in [0.2, 0.25) is 0 Å². The van der Waals surface area contributed by atoms with E-state index >= 15 is 0 Å². The summed E-state index contributed by atoms with van der Waals surface area (Å²) in [5.74, 6) is -0.249. The van der Waals surface area contributed by atoms with E-state index in [4.69, 9.17) is 4.74 Å². The maximum Gasteiger partial charge on any atom is 0.227 e. The predicted octanol–water partition coefficient (Wildman–Crippen LogP) is 4.45. The van der Waals surface area contributed by atoms with E-state index in [1.54, 1.807) is 53.4 Å². The molecule has 156 valence electrons. The first-order valence-corrected chi connectivity index (χ1v) is 9.98. The SMILES string of the molecule is O=C(COc1ccc(C(=O)c2ccc(F)cc2)cc1)c1ccc(N2CCCC2=O)cc1. The van der Waals surface area contributed by atoms with Gasteiger partial charge in [-0.05, 0) is 79.2 Å². The summed E-state index contributed by atoms with van der Waals surface area (Å²) >= 11 is 0. The molecule has 5 nitrogen and oxygen atoms in total. The number of amides is 1. The quantitative estimate of drug-likeness (QED) is 0.533. The molecule has 1 saturated heterocycles. The number of ketones is 2. The first-order chi connectivity index (χ1) is 15.0. The molecule has 1 aliphatic rings. The van der Waals surface area contributed by atoms with E-state index in [1.807, 2.05) is 0 Å². The Bertz CT molecular complexity index is 1110. The highest BCUT2D eigenvalue weighted by Gasteiger charge is 2.21. The lowest BCUT2D eigenvalue weighted by molar-refractivity contribution is -0.117. The maximum absolute atomic E-state index is 13.0. The lowest BCUT2D eigenvalue weighted by Crippen LogP contribution is -2.23. The molecule has 0 bridgehead atoms. The molecule has 0 atom stereocenters. The lowest BCUT2D eigenvalue weighted by Gasteiger charge is -2.15. The smallest absolute Gasteiger partial charge is 0.227 e. The number of nitrogens with zero attached hydrogens (tertiary/aromatic N) is 1. The van der Waals surface area contributed by atoms with Crippen molar-refractivity contribution in [1.82, 2.24) is 0 Å². The van der Waals surface area contributed by atoms with E-state index < -0.39 is 5.82 Å². The van der Waals surface area contributed by atoms with Crippen LogP contribution in [0.25, 0.3) is 0 Å². The van der Waals surface area contributed by atoms with Gasteiger partial charge in [0.15, 0.2) is 18.2 Å². The van der Waals surface area contributed by atoms with Gasteiger partial charge in [-0.25, -0.2) is 4.39 Å². The van der Waals surface area contributed by atoms with Gasteiger partial charge < -0.3 is 9.64 Å². The van der Waals surface area contributed by atoms with Gasteiger partial charge in [0.05, 0.1) is 0 Å². The van der Waals surface area contributed by atoms with Crippen LogP contribution in [0.5, 0.6) is 5.75 Å². The van der Waals surface area contributed by atoms with Crippen LogP contribution < -0.4 is 9.64 Å². The molecule has 31 heavy (non-hydrogen) atoms. The zero-order valence-corrected chi connectivity index (χ0v) is 16.7. The number of Topliss-reactive ketones (excluding diaryl/α,β-unsaturated/α-hetero) is 1. The second kappa shape index (κ2) is 8.92. The second-order valence-corrected chi connectivity index (χ2v) is 7.27. The summed E-state index contributed by atoms with van der Waals surface area (Å²) in [7, 11) is 0. The molecule has 4 rings (SSSR count). The van der Waals surface area contributed by atoms with Crippen molar-refractivity contribution in [1.29, 1.82) is 0 Å². The summed E-state index contributed by atoms with van der Waals surface area (Å²) in [4.78, 5) is 38.4. The van der Waals surface area contributed by atoms with Gasteiger partial charge in [-0.2, -0.15) is 0 Å². The van der Waals surface area contributed by atoms with Gasteiger partial charge in [-0.15, -0.1) is 0 Å². The third kappa shape index (κ3) is 4.69. The fourth-order valence-corrected chi connectivity index (χ4v) is 3.45. The zero-order valence-electron chi connectivity index (χ0n) is 16.7. The van der Waals surface area contributed by atoms with Crippen molar-refractivity contribution in [2.75, 3.05) is 18.1 Å². The molecular formula is C25H20FNO4. The zero-order chi connectivity index (χ0) is 21.8. The third-order valence-corrected chi connectivity index (χ3v) is 5.17. The standard InChI is InChI=1S/C25H20FNO4/c26-20-9-3-18(4-10-20)25(30)19-7-13-22(14-8-19)31-16-23(28)17-5-11-21(12-6-17)27-15-1-2-24(27)29/h3-14H,1-2,15-16H2. The Labute approximate surface area is 179 Å². The molecule has 0 aromatic heterocycles. The van der Waals surface area contributed by atoms with Crippen LogP contribution in [0.3, 0.4) is 0 Å². The molecule has 6 heteroatoms. The van der Waals surface area contributed by atoms with Crippen molar-refractivity contribution in [3.05, 3.63) is 95.3 Å². The first-order valence-electron chi connectivity index (χ1n) is 9.98. The number of ether oxygens (including phenoxy) is 1. The number of carbonyl (C=O) groups is 3. The molecule has 1 fully saturated rings. The van der Waals surface area contributed by atoms with Crippen LogP contribution in [-0.2, 0) is 4.79 Å². The van der Waals surface area contributed by atoms with Crippen LogP contribution in [-0.4, -0.2) is 30.6 Å². The summed E-state index contributed by atoms with van der Waals surface area (Å²) in [6, 6.07) is 18.7. The van der Waals surface area contributed by atoms with Crippen LogP contribution in [0, 0.1) is 5.82 Å². The molecule has 0 spiro atoms. The topological polar surface area (TPSA) is 63.7 Å². The van der Waals surface area contributed by atoms with Gasteiger partial charge in [0, 0.05) is 35.3 Å².